The Hall–Kier alpha value is -2.66. The number of nitrogens with one attached hydrogen (secondary N) is 1. The molecule has 0 saturated carbocycles. The number of ether oxygens (including phenoxy) is 1. The van der Waals surface area contributed by atoms with Gasteiger partial charge in [0.2, 0.25) is 11.8 Å². The molecule has 3 rings (SSSR count). The van der Waals surface area contributed by atoms with Gasteiger partial charge in [0.1, 0.15) is 12.1 Å². The van der Waals surface area contributed by atoms with E-state index in [-0.39, 0.29) is 11.8 Å². The number of carbonyl (C=O) groups excluding carboxylic acids is 2. The molecule has 0 spiro atoms. The fraction of sp³-hybridized carbons (Fsp3) is 0.300. The fourth-order valence-electron chi connectivity index (χ4n) is 3.25. The van der Waals surface area contributed by atoms with Crippen molar-refractivity contribution in [3.63, 3.8) is 0 Å². The van der Waals surface area contributed by atoms with Crippen LogP contribution in [0.15, 0.2) is 60.7 Å². The molecule has 1 heterocycles. The number of rotatable bonds is 6. The summed E-state index contributed by atoms with van der Waals surface area (Å²) in [5.41, 5.74) is 7.51. The van der Waals surface area contributed by atoms with E-state index in [4.69, 9.17) is 10.5 Å². The van der Waals surface area contributed by atoms with E-state index in [2.05, 4.69) is 5.32 Å². The van der Waals surface area contributed by atoms with E-state index >= 15 is 0 Å². The van der Waals surface area contributed by atoms with Crippen LogP contribution in [0, 0.1) is 0 Å². The Labute approximate surface area is 147 Å². The SMILES string of the molecule is NC(=O)[C@@H](NC(=O)[C@@H]1CCCO1)C(c1ccccc1)c1ccccc1. The summed E-state index contributed by atoms with van der Waals surface area (Å²) in [5.74, 6) is -1.20. The van der Waals surface area contributed by atoms with Crippen molar-refractivity contribution in [1.29, 1.82) is 0 Å². The van der Waals surface area contributed by atoms with Gasteiger partial charge < -0.3 is 15.8 Å². The average Bonchev–Trinajstić information content (AvgIpc) is 3.17. The Morgan fingerprint density at radius 2 is 1.56 bits per heavy atom. The first-order chi connectivity index (χ1) is 12.2. The number of amides is 2. The van der Waals surface area contributed by atoms with Gasteiger partial charge in [-0.05, 0) is 24.0 Å². The van der Waals surface area contributed by atoms with Gasteiger partial charge in [0.25, 0.3) is 0 Å². The van der Waals surface area contributed by atoms with Gasteiger partial charge in [0, 0.05) is 12.5 Å². The molecule has 2 atom stereocenters. The summed E-state index contributed by atoms with van der Waals surface area (Å²) in [7, 11) is 0. The number of hydrogen-bond acceptors (Lipinski definition) is 3. The van der Waals surface area contributed by atoms with Crippen molar-refractivity contribution in [3.8, 4) is 0 Å². The Bertz CT molecular complexity index is 673. The number of primary amides is 1. The quantitative estimate of drug-likeness (QED) is 0.845. The minimum Gasteiger partial charge on any atom is -0.368 e. The molecule has 2 aromatic rings. The molecule has 2 amide bonds. The second-order valence-corrected chi connectivity index (χ2v) is 6.19. The predicted octanol–water partition coefficient (Wildman–Crippen LogP) is 1.97. The zero-order valence-electron chi connectivity index (χ0n) is 13.9. The highest BCUT2D eigenvalue weighted by atomic mass is 16.5. The van der Waals surface area contributed by atoms with Crippen LogP contribution in [0.4, 0.5) is 0 Å². The average molecular weight is 338 g/mol. The predicted molar refractivity (Wildman–Crippen MR) is 94.8 cm³/mol. The van der Waals surface area contributed by atoms with E-state index in [1.54, 1.807) is 0 Å². The van der Waals surface area contributed by atoms with Gasteiger partial charge in [-0.3, -0.25) is 9.59 Å². The minimum absolute atomic E-state index is 0.279. The summed E-state index contributed by atoms with van der Waals surface area (Å²) < 4.78 is 5.42. The van der Waals surface area contributed by atoms with E-state index < -0.39 is 18.1 Å². The first-order valence-electron chi connectivity index (χ1n) is 8.48. The summed E-state index contributed by atoms with van der Waals surface area (Å²) in [6.07, 6.45) is 1.01. The third-order valence-corrected chi connectivity index (χ3v) is 4.48. The number of nitrogens with two attached hydrogens (primary N) is 1. The highest BCUT2D eigenvalue weighted by Gasteiger charge is 2.33. The normalized spacial score (nSPS) is 18.0. The molecule has 1 fully saturated rings. The molecule has 0 unspecified atom stereocenters. The largest absolute Gasteiger partial charge is 0.368 e. The third-order valence-electron chi connectivity index (χ3n) is 4.48. The molecule has 0 bridgehead atoms. The Morgan fingerprint density at radius 1 is 1.00 bits per heavy atom. The van der Waals surface area contributed by atoms with Crippen molar-refractivity contribution in [2.24, 2.45) is 5.73 Å². The third kappa shape index (κ3) is 4.06. The van der Waals surface area contributed by atoms with Crippen LogP contribution in [-0.2, 0) is 14.3 Å². The molecule has 3 N–H and O–H groups in total. The maximum absolute atomic E-state index is 12.5. The fourth-order valence-corrected chi connectivity index (χ4v) is 3.25. The van der Waals surface area contributed by atoms with Crippen LogP contribution in [0.1, 0.15) is 29.9 Å². The number of carbonyl (C=O) groups is 2. The molecule has 130 valence electrons. The molecule has 1 aliphatic heterocycles. The van der Waals surface area contributed by atoms with Gasteiger partial charge in [-0.15, -0.1) is 0 Å². The Balaban J connectivity index is 1.93. The van der Waals surface area contributed by atoms with Crippen molar-refractivity contribution in [3.05, 3.63) is 71.8 Å². The van der Waals surface area contributed by atoms with Crippen LogP contribution in [-0.4, -0.2) is 30.6 Å². The van der Waals surface area contributed by atoms with Crippen LogP contribution in [0.2, 0.25) is 0 Å². The van der Waals surface area contributed by atoms with Crippen molar-refractivity contribution in [1.82, 2.24) is 5.32 Å². The topological polar surface area (TPSA) is 81.4 Å². The van der Waals surface area contributed by atoms with E-state index in [1.807, 2.05) is 60.7 Å². The van der Waals surface area contributed by atoms with Crippen LogP contribution < -0.4 is 11.1 Å². The molecule has 2 aromatic carbocycles. The molecule has 1 aliphatic rings. The Morgan fingerprint density at radius 3 is 2.00 bits per heavy atom. The summed E-state index contributed by atoms with van der Waals surface area (Å²) in [6, 6.07) is 18.4. The molecule has 0 radical (unpaired) electrons. The highest BCUT2D eigenvalue weighted by Crippen LogP contribution is 2.28. The monoisotopic (exact) mass is 338 g/mol. The second-order valence-electron chi connectivity index (χ2n) is 6.19. The van der Waals surface area contributed by atoms with Crippen LogP contribution in [0.3, 0.4) is 0 Å². The smallest absolute Gasteiger partial charge is 0.249 e. The first-order valence-corrected chi connectivity index (χ1v) is 8.48. The minimum atomic E-state index is -0.846. The lowest BCUT2D eigenvalue weighted by molar-refractivity contribution is -0.134. The van der Waals surface area contributed by atoms with Gasteiger partial charge in [-0.25, -0.2) is 0 Å². The maximum Gasteiger partial charge on any atom is 0.249 e. The summed E-state index contributed by atoms with van der Waals surface area (Å²) >= 11 is 0. The Kier molecular flexibility index (Phi) is 5.46. The summed E-state index contributed by atoms with van der Waals surface area (Å²) in [4.78, 5) is 24.7. The molecule has 5 heteroatoms. The molecular formula is C20H22N2O3. The zero-order valence-corrected chi connectivity index (χ0v) is 13.9. The summed E-state index contributed by atoms with van der Waals surface area (Å²) in [5, 5.41) is 2.82. The van der Waals surface area contributed by atoms with Crippen LogP contribution in [0.25, 0.3) is 0 Å². The lowest BCUT2D eigenvalue weighted by Crippen LogP contribution is -2.51. The van der Waals surface area contributed by atoms with E-state index in [1.165, 1.54) is 0 Å². The number of benzene rings is 2. The van der Waals surface area contributed by atoms with Crippen molar-refractivity contribution >= 4 is 11.8 Å². The van der Waals surface area contributed by atoms with E-state index in [9.17, 15) is 9.59 Å². The first kappa shape index (κ1) is 17.2. The second kappa shape index (κ2) is 7.94. The van der Waals surface area contributed by atoms with Crippen molar-refractivity contribution < 1.29 is 14.3 Å². The molecule has 0 aromatic heterocycles. The van der Waals surface area contributed by atoms with Gasteiger partial charge in [-0.2, -0.15) is 0 Å². The number of hydrogen-bond donors (Lipinski definition) is 2. The van der Waals surface area contributed by atoms with Crippen LogP contribution >= 0.6 is 0 Å². The zero-order chi connectivity index (χ0) is 17.6. The maximum atomic E-state index is 12.5. The standard InChI is InChI=1S/C20H22N2O3/c21-19(23)18(22-20(24)16-12-7-13-25-16)17(14-8-3-1-4-9-14)15-10-5-2-6-11-15/h1-6,8-11,16-18H,7,12-13H2,(H2,21,23)(H,22,24)/t16-,18-/m0/s1. The molecular weight excluding hydrogens is 316 g/mol. The molecule has 1 saturated heterocycles. The molecule has 5 nitrogen and oxygen atoms in total. The lowest BCUT2D eigenvalue weighted by Gasteiger charge is -2.27. The van der Waals surface area contributed by atoms with Gasteiger partial charge >= 0.3 is 0 Å². The molecule has 25 heavy (non-hydrogen) atoms. The molecule has 0 aliphatic carbocycles. The van der Waals surface area contributed by atoms with Crippen molar-refractivity contribution in [2.75, 3.05) is 6.61 Å². The van der Waals surface area contributed by atoms with Gasteiger partial charge in [0.15, 0.2) is 0 Å². The summed E-state index contributed by atoms with van der Waals surface area (Å²) in [6.45, 7) is 0.570. The highest BCUT2D eigenvalue weighted by molar-refractivity contribution is 5.89. The van der Waals surface area contributed by atoms with Crippen molar-refractivity contribution in [2.45, 2.75) is 30.9 Å². The van der Waals surface area contributed by atoms with E-state index in [0.29, 0.717) is 13.0 Å². The van der Waals surface area contributed by atoms with Gasteiger partial charge in [-0.1, -0.05) is 60.7 Å². The van der Waals surface area contributed by atoms with Crippen LogP contribution in [0.5, 0.6) is 0 Å². The van der Waals surface area contributed by atoms with Gasteiger partial charge in [0.05, 0.1) is 0 Å². The lowest BCUT2D eigenvalue weighted by atomic mass is 9.84. The van der Waals surface area contributed by atoms with E-state index in [0.717, 1.165) is 17.5 Å².